The van der Waals surface area contributed by atoms with Gasteiger partial charge in [-0.25, -0.2) is 0 Å². The maximum Gasteiger partial charge on any atom is 0.261 e. The number of phenols is 1. The fourth-order valence-corrected chi connectivity index (χ4v) is 2.76. The number of benzene rings is 2. The molecule has 0 aliphatic rings. The van der Waals surface area contributed by atoms with Gasteiger partial charge in [-0.2, -0.15) is 0 Å². The van der Waals surface area contributed by atoms with Crippen molar-refractivity contribution in [3.63, 3.8) is 0 Å². The molecule has 0 atom stereocenters. The van der Waals surface area contributed by atoms with Crippen molar-refractivity contribution in [3.8, 4) is 5.75 Å². The molecule has 3 N–H and O–H groups in total. The average Bonchev–Trinajstić information content (AvgIpc) is 2.58. The van der Waals surface area contributed by atoms with Gasteiger partial charge >= 0.3 is 0 Å². The van der Waals surface area contributed by atoms with Crippen molar-refractivity contribution in [2.45, 2.75) is 13.3 Å². The third-order valence-corrected chi connectivity index (χ3v) is 4.37. The monoisotopic (exact) mass is 400 g/mol. The summed E-state index contributed by atoms with van der Waals surface area (Å²) in [6.45, 7) is 2.50. The summed E-state index contributed by atoms with van der Waals surface area (Å²) in [7, 11) is 0. The van der Waals surface area contributed by atoms with Gasteiger partial charge in [0.15, 0.2) is 0 Å². The van der Waals surface area contributed by atoms with Crippen LogP contribution in [0.4, 0.5) is 5.69 Å². The van der Waals surface area contributed by atoms with Crippen LogP contribution < -0.4 is 10.6 Å². The molecule has 0 heterocycles. The van der Waals surface area contributed by atoms with Crippen LogP contribution in [0, 0.1) is 0 Å². The Bertz CT molecular complexity index is 799. The number of anilines is 1. The molecule has 0 fully saturated rings. The van der Waals surface area contributed by atoms with E-state index in [9.17, 15) is 14.7 Å². The zero-order valence-corrected chi connectivity index (χ0v) is 15.5. The van der Waals surface area contributed by atoms with Crippen molar-refractivity contribution in [2.75, 3.05) is 11.9 Å². The van der Waals surface area contributed by atoms with Crippen molar-refractivity contribution in [1.82, 2.24) is 5.32 Å². The highest BCUT2D eigenvalue weighted by Gasteiger charge is 2.21. The van der Waals surface area contributed by atoms with E-state index in [0.29, 0.717) is 17.8 Å². The predicted octanol–water partition coefficient (Wildman–Crippen LogP) is 4.74. The average molecular weight is 402 g/mol. The molecule has 0 bridgehead atoms. The zero-order valence-electron chi connectivity index (χ0n) is 13.2. The van der Waals surface area contributed by atoms with Crippen LogP contribution in [0.25, 0.3) is 0 Å². The van der Waals surface area contributed by atoms with Crippen LogP contribution in [0.15, 0.2) is 30.3 Å². The van der Waals surface area contributed by atoms with Crippen LogP contribution in [0.5, 0.6) is 5.75 Å². The van der Waals surface area contributed by atoms with Crippen LogP contribution in [0.1, 0.15) is 34.1 Å². The van der Waals surface area contributed by atoms with Gasteiger partial charge in [-0.15, -0.1) is 0 Å². The number of rotatable bonds is 5. The Morgan fingerprint density at radius 1 is 1.08 bits per heavy atom. The number of hydrogen-bond donors (Lipinski definition) is 3. The van der Waals surface area contributed by atoms with Crippen molar-refractivity contribution < 1.29 is 14.7 Å². The van der Waals surface area contributed by atoms with Gasteiger partial charge in [-0.05, 0) is 30.7 Å². The number of halogens is 3. The summed E-state index contributed by atoms with van der Waals surface area (Å²) in [6, 6.07) is 7.62. The Hall–Kier alpha value is -1.95. The molecule has 0 radical (unpaired) electrons. The molecule has 5 nitrogen and oxygen atoms in total. The molecule has 2 aromatic carbocycles. The topological polar surface area (TPSA) is 78.4 Å². The van der Waals surface area contributed by atoms with Gasteiger partial charge in [0.05, 0.1) is 15.1 Å². The molecule has 2 rings (SSSR count). The van der Waals surface area contributed by atoms with E-state index < -0.39 is 11.7 Å². The number of carbonyl (C=O) groups is 2. The molecular formula is C17H15Cl3N2O3. The van der Waals surface area contributed by atoms with E-state index in [-0.39, 0.29) is 26.5 Å². The summed E-state index contributed by atoms with van der Waals surface area (Å²) < 4.78 is 0. The number of nitrogens with one attached hydrogen (secondary N) is 2. The quantitative estimate of drug-likeness (QED) is 0.633. The number of carbonyl (C=O) groups excluding carboxylic acids is 2. The molecular weight excluding hydrogens is 387 g/mol. The third-order valence-electron chi connectivity index (χ3n) is 3.29. The molecule has 25 heavy (non-hydrogen) atoms. The summed E-state index contributed by atoms with van der Waals surface area (Å²) in [5, 5.41) is 15.1. The van der Waals surface area contributed by atoms with E-state index in [1.807, 2.05) is 6.92 Å². The second-order valence-electron chi connectivity index (χ2n) is 5.17. The van der Waals surface area contributed by atoms with E-state index in [0.717, 1.165) is 6.42 Å². The third kappa shape index (κ3) is 4.57. The Labute approximate surface area is 159 Å². The lowest BCUT2D eigenvalue weighted by Gasteiger charge is -2.12. The highest BCUT2D eigenvalue weighted by molar-refractivity contribution is 6.46. The molecule has 0 saturated carbocycles. The van der Waals surface area contributed by atoms with Crippen LogP contribution in [0.3, 0.4) is 0 Å². The maximum absolute atomic E-state index is 12.4. The minimum absolute atomic E-state index is 0.0438. The predicted molar refractivity (Wildman–Crippen MR) is 100 cm³/mol. The summed E-state index contributed by atoms with van der Waals surface area (Å²) in [5.41, 5.74) is 0.520. The van der Waals surface area contributed by atoms with Crippen LogP contribution in [-0.4, -0.2) is 23.5 Å². The van der Waals surface area contributed by atoms with Crippen LogP contribution in [-0.2, 0) is 0 Å². The van der Waals surface area contributed by atoms with Gasteiger partial charge in [0.2, 0.25) is 0 Å². The van der Waals surface area contributed by atoms with E-state index >= 15 is 0 Å². The van der Waals surface area contributed by atoms with Crippen molar-refractivity contribution in [3.05, 3.63) is 56.5 Å². The molecule has 0 saturated heterocycles. The molecule has 2 amide bonds. The molecule has 0 spiro atoms. The number of phenolic OH excluding ortho intramolecular Hbond substituents is 1. The lowest BCUT2D eigenvalue weighted by Crippen LogP contribution is -2.24. The second-order valence-corrected chi connectivity index (χ2v) is 6.36. The lowest BCUT2D eigenvalue weighted by molar-refractivity contribution is 0.0952. The highest BCUT2D eigenvalue weighted by atomic mass is 35.5. The number of aromatic hydroxyl groups is 1. The first-order chi connectivity index (χ1) is 11.8. The van der Waals surface area contributed by atoms with E-state index in [1.54, 1.807) is 18.2 Å². The molecule has 0 aliphatic carbocycles. The standard InChI is InChI=1S/C17H15Cl3N2O3/c1-2-6-21-16(24)9-4-3-5-10(7-9)22-17(25)13-14(20)11(18)8-12(19)15(13)23/h3-5,7-8,23H,2,6H2,1H3,(H,21,24)(H,22,25). The van der Waals surface area contributed by atoms with Crippen molar-refractivity contribution in [1.29, 1.82) is 0 Å². The SMILES string of the molecule is CCCNC(=O)c1cccc(NC(=O)c2c(O)c(Cl)cc(Cl)c2Cl)c1. The Morgan fingerprint density at radius 2 is 1.80 bits per heavy atom. The fraction of sp³-hybridized carbons (Fsp3) is 0.176. The van der Waals surface area contributed by atoms with Gasteiger partial charge in [-0.1, -0.05) is 47.8 Å². The first-order valence-electron chi connectivity index (χ1n) is 7.41. The molecule has 0 unspecified atom stereocenters. The Morgan fingerprint density at radius 3 is 2.48 bits per heavy atom. The van der Waals surface area contributed by atoms with E-state index in [1.165, 1.54) is 12.1 Å². The first kappa shape index (κ1) is 19.4. The molecule has 2 aromatic rings. The Kier molecular flexibility index (Phi) is 6.53. The summed E-state index contributed by atoms with van der Waals surface area (Å²) >= 11 is 17.7. The van der Waals surface area contributed by atoms with Crippen LogP contribution in [0.2, 0.25) is 15.1 Å². The molecule has 8 heteroatoms. The molecule has 0 aromatic heterocycles. The second kappa shape index (κ2) is 8.43. The minimum Gasteiger partial charge on any atom is -0.505 e. The molecule has 0 aliphatic heterocycles. The van der Waals surface area contributed by atoms with Gasteiger partial charge < -0.3 is 15.7 Å². The maximum atomic E-state index is 12.4. The van der Waals surface area contributed by atoms with Gasteiger partial charge in [0.1, 0.15) is 11.3 Å². The fourth-order valence-electron chi connectivity index (χ4n) is 2.07. The van der Waals surface area contributed by atoms with Crippen molar-refractivity contribution >= 4 is 52.3 Å². The Balaban J connectivity index is 2.26. The zero-order chi connectivity index (χ0) is 18.6. The summed E-state index contributed by atoms with van der Waals surface area (Å²) in [5.74, 6) is -1.41. The van der Waals surface area contributed by atoms with Crippen molar-refractivity contribution in [2.24, 2.45) is 0 Å². The largest absolute Gasteiger partial charge is 0.505 e. The van der Waals surface area contributed by atoms with Gasteiger partial charge in [-0.3, -0.25) is 9.59 Å². The summed E-state index contributed by atoms with van der Waals surface area (Å²) in [6.07, 6.45) is 0.815. The minimum atomic E-state index is -0.696. The number of hydrogen-bond acceptors (Lipinski definition) is 3. The molecule has 132 valence electrons. The van der Waals surface area contributed by atoms with E-state index in [4.69, 9.17) is 34.8 Å². The van der Waals surface area contributed by atoms with Gasteiger partial charge in [0.25, 0.3) is 11.8 Å². The number of amides is 2. The van der Waals surface area contributed by atoms with Crippen LogP contribution >= 0.6 is 34.8 Å². The summed E-state index contributed by atoms with van der Waals surface area (Å²) in [4.78, 5) is 24.4. The lowest BCUT2D eigenvalue weighted by atomic mass is 10.1. The normalized spacial score (nSPS) is 10.4. The smallest absolute Gasteiger partial charge is 0.261 e. The van der Waals surface area contributed by atoms with Gasteiger partial charge in [0, 0.05) is 17.8 Å². The highest BCUT2D eigenvalue weighted by Crippen LogP contribution is 2.38. The first-order valence-corrected chi connectivity index (χ1v) is 8.54. The van der Waals surface area contributed by atoms with E-state index in [2.05, 4.69) is 10.6 Å².